The maximum atomic E-state index is 13.1. The number of methoxy groups -OCH3 is 1. The first-order chi connectivity index (χ1) is 8.49. The summed E-state index contributed by atoms with van der Waals surface area (Å²) in [6, 6.07) is 5.02. The molecular formula is C14H21ClFNO. The molecule has 102 valence electrons. The summed E-state index contributed by atoms with van der Waals surface area (Å²) in [5.74, 6) is 0.0249. The van der Waals surface area contributed by atoms with Gasteiger partial charge < -0.3 is 10.1 Å². The van der Waals surface area contributed by atoms with Crippen molar-refractivity contribution in [1.29, 1.82) is 0 Å². The Kier molecular flexibility index (Phi) is 6.06. The van der Waals surface area contributed by atoms with Crippen LogP contribution in [0.4, 0.5) is 4.39 Å². The Morgan fingerprint density at radius 2 is 2.06 bits per heavy atom. The van der Waals surface area contributed by atoms with E-state index >= 15 is 0 Å². The minimum atomic E-state index is -0.381. The van der Waals surface area contributed by atoms with Crippen molar-refractivity contribution in [2.75, 3.05) is 14.2 Å². The summed E-state index contributed by atoms with van der Waals surface area (Å²) >= 11 is 5.79. The standard InChI is InChI=1S/C14H21ClFNO/c1-9(2)14(18-4)13(17-3)8-10-5-6-12(16)11(15)7-10/h5-7,9,13-14,17H,8H2,1-4H3. The van der Waals surface area contributed by atoms with E-state index in [1.165, 1.54) is 6.07 Å². The lowest BCUT2D eigenvalue weighted by molar-refractivity contribution is 0.0354. The van der Waals surface area contributed by atoms with Crippen molar-refractivity contribution in [2.24, 2.45) is 5.92 Å². The largest absolute Gasteiger partial charge is 0.380 e. The van der Waals surface area contributed by atoms with Gasteiger partial charge in [-0.2, -0.15) is 0 Å². The van der Waals surface area contributed by atoms with Crippen LogP contribution in [-0.4, -0.2) is 26.3 Å². The Morgan fingerprint density at radius 3 is 2.50 bits per heavy atom. The Labute approximate surface area is 113 Å². The van der Waals surface area contributed by atoms with Crippen LogP contribution < -0.4 is 5.32 Å². The minimum Gasteiger partial charge on any atom is -0.380 e. The molecule has 0 bridgehead atoms. The van der Waals surface area contributed by atoms with E-state index in [0.29, 0.717) is 5.92 Å². The topological polar surface area (TPSA) is 21.3 Å². The van der Waals surface area contributed by atoms with Crippen molar-refractivity contribution in [3.63, 3.8) is 0 Å². The molecule has 0 aliphatic carbocycles. The number of rotatable bonds is 6. The molecule has 0 heterocycles. The molecule has 0 radical (unpaired) electrons. The number of hydrogen-bond donors (Lipinski definition) is 1. The van der Waals surface area contributed by atoms with Gasteiger partial charge in [0.2, 0.25) is 0 Å². The minimum absolute atomic E-state index is 0.110. The van der Waals surface area contributed by atoms with Crippen molar-refractivity contribution in [2.45, 2.75) is 32.4 Å². The van der Waals surface area contributed by atoms with Gasteiger partial charge in [-0.1, -0.05) is 31.5 Å². The molecule has 0 saturated carbocycles. The van der Waals surface area contributed by atoms with E-state index in [4.69, 9.17) is 16.3 Å². The van der Waals surface area contributed by atoms with Crippen LogP contribution in [0.2, 0.25) is 5.02 Å². The first-order valence-electron chi connectivity index (χ1n) is 6.13. The third kappa shape index (κ3) is 3.94. The molecule has 1 aromatic carbocycles. The van der Waals surface area contributed by atoms with Crippen molar-refractivity contribution >= 4 is 11.6 Å². The summed E-state index contributed by atoms with van der Waals surface area (Å²) in [4.78, 5) is 0. The van der Waals surface area contributed by atoms with Crippen molar-refractivity contribution in [3.8, 4) is 0 Å². The van der Waals surface area contributed by atoms with Gasteiger partial charge in [-0.05, 0) is 37.1 Å². The van der Waals surface area contributed by atoms with Gasteiger partial charge in [0.05, 0.1) is 11.1 Å². The molecule has 0 saturated heterocycles. The molecule has 2 atom stereocenters. The van der Waals surface area contributed by atoms with E-state index in [0.717, 1.165) is 12.0 Å². The van der Waals surface area contributed by atoms with Crippen molar-refractivity contribution < 1.29 is 9.13 Å². The molecule has 0 amide bonds. The lowest BCUT2D eigenvalue weighted by Gasteiger charge is -2.29. The number of nitrogens with one attached hydrogen (secondary N) is 1. The molecule has 0 aliphatic rings. The summed E-state index contributed by atoms with van der Waals surface area (Å²) < 4.78 is 18.6. The molecule has 18 heavy (non-hydrogen) atoms. The third-order valence-electron chi connectivity index (χ3n) is 3.14. The lowest BCUT2D eigenvalue weighted by atomic mass is 9.94. The van der Waals surface area contributed by atoms with Gasteiger partial charge in [0, 0.05) is 13.2 Å². The predicted molar refractivity (Wildman–Crippen MR) is 73.6 cm³/mol. The van der Waals surface area contributed by atoms with E-state index in [1.54, 1.807) is 19.2 Å². The zero-order chi connectivity index (χ0) is 13.7. The quantitative estimate of drug-likeness (QED) is 0.859. The monoisotopic (exact) mass is 273 g/mol. The van der Waals surface area contributed by atoms with Crippen LogP contribution in [0.15, 0.2) is 18.2 Å². The molecule has 1 rings (SSSR count). The molecule has 0 aromatic heterocycles. The molecule has 1 aromatic rings. The highest BCUT2D eigenvalue weighted by atomic mass is 35.5. The van der Waals surface area contributed by atoms with E-state index in [-0.39, 0.29) is 23.0 Å². The maximum Gasteiger partial charge on any atom is 0.141 e. The Balaban J connectivity index is 2.81. The predicted octanol–water partition coefficient (Wildman–Crippen LogP) is 3.28. The summed E-state index contributed by atoms with van der Waals surface area (Å²) in [7, 11) is 3.62. The third-order valence-corrected chi connectivity index (χ3v) is 3.43. The van der Waals surface area contributed by atoms with E-state index in [9.17, 15) is 4.39 Å². The van der Waals surface area contributed by atoms with Crippen molar-refractivity contribution in [3.05, 3.63) is 34.6 Å². The van der Waals surface area contributed by atoms with Gasteiger partial charge in [-0.15, -0.1) is 0 Å². The molecule has 0 spiro atoms. The normalized spacial score (nSPS) is 14.8. The molecule has 4 heteroatoms. The van der Waals surface area contributed by atoms with Gasteiger partial charge in [0.1, 0.15) is 5.82 Å². The zero-order valence-electron chi connectivity index (χ0n) is 11.3. The highest BCUT2D eigenvalue weighted by Crippen LogP contribution is 2.19. The number of hydrogen-bond acceptors (Lipinski definition) is 2. The van der Waals surface area contributed by atoms with Crippen LogP contribution in [0.1, 0.15) is 19.4 Å². The molecular weight excluding hydrogens is 253 g/mol. The summed E-state index contributed by atoms with van der Waals surface area (Å²) in [6.45, 7) is 4.24. The van der Waals surface area contributed by atoms with E-state index < -0.39 is 0 Å². The highest BCUT2D eigenvalue weighted by Gasteiger charge is 2.23. The summed E-state index contributed by atoms with van der Waals surface area (Å²) in [5.41, 5.74) is 1.00. The van der Waals surface area contributed by atoms with Crippen molar-refractivity contribution in [1.82, 2.24) is 5.32 Å². The molecule has 0 aliphatic heterocycles. The number of halogens is 2. The average Bonchev–Trinajstić information content (AvgIpc) is 2.33. The van der Waals surface area contributed by atoms with Gasteiger partial charge in [0.15, 0.2) is 0 Å². The zero-order valence-corrected chi connectivity index (χ0v) is 12.1. The van der Waals surface area contributed by atoms with Gasteiger partial charge in [0.25, 0.3) is 0 Å². The Hall–Kier alpha value is -0.640. The molecule has 1 N–H and O–H groups in total. The van der Waals surface area contributed by atoms with Gasteiger partial charge in [-0.3, -0.25) is 0 Å². The highest BCUT2D eigenvalue weighted by molar-refractivity contribution is 6.30. The Morgan fingerprint density at radius 1 is 1.39 bits per heavy atom. The molecule has 2 unspecified atom stereocenters. The first kappa shape index (κ1) is 15.4. The second-order valence-electron chi connectivity index (χ2n) is 4.79. The smallest absolute Gasteiger partial charge is 0.141 e. The van der Waals surface area contributed by atoms with Crippen LogP contribution in [0.5, 0.6) is 0 Å². The summed E-state index contributed by atoms with van der Waals surface area (Å²) in [5, 5.41) is 3.42. The fraction of sp³-hybridized carbons (Fsp3) is 0.571. The van der Waals surface area contributed by atoms with Crippen LogP contribution in [0.25, 0.3) is 0 Å². The van der Waals surface area contributed by atoms with Crippen LogP contribution >= 0.6 is 11.6 Å². The average molecular weight is 274 g/mol. The first-order valence-corrected chi connectivity index (χ1v) is 6.51. The number of likely N-dealkylation sites (N-methyl/N-ethyl adjacent to an activating group) is 1. The SMILES string of the molecule is CNC(Cc1ccc(F)c(Cl)c1)C(OC)C(C)C. The lowest BCUT2D eigenvalue weighted by Crippen LogP contribution is -2.43. The second kappa shape index (κ2) is 7.07. The Bertz CT molecular complexity index is 384. The van der Waals surface area contributed by atoms with Gasteiger partial charge >= 0.3 is 0 Å². The maximum absolute atomic E-state index is 13.1. The second-order valence-corrected chi connectivity index (χ2v) is 5.20. The fourth-order valence-electron chi connectivity index (χ4n) is 2.20. The number of ether oxygens (including phenoxy) is 1. The number of benzene rings is 1. The molecule has 0 fully saturated rings. The van der Waals surface area contributed by atoms with Gasteiger partial charge in [-0.25, -0.2) is 4.39 Å². The van der Waals surface area contributed by atoms with Crippen LogP contribution in [-0.2, 0) is 11.2 Å². The van der Waals surface area contributed by atoms with E-state index in [1.807, 2.05) is 7.05 Å². The fourth-order valence-corrected chi connectivity index (χ4v) is 2.41. The summed E-state index contributed by atoms with van der Waals surface area (Å²) in [6.07, 6.45) is 0.867. The molecule has 2 nitrogen and oxygen atoms in total. The van der Waals surface area contributed by atoms with Crippen LogP contribution in [0.3, 0.4) is 0 Å². The van der Waals surface area contributed by atoms with Crippen LogP contribution in [0, 0.1) is 11.7 Å². The van der Waals surface area contributed by atoms with E-state index in [2.05, 4.69) is 19.2 Å².